The number of hydrogen-bond donors (Lipinski definition) is 1. The molecular weight excluding hydrogens is 392 g/mol. The molecule has 29 heavy (non-hydrogen) atoms. The van der Waals surface area contributed by atoms with E-state index in [1.165, 1.54) is 19.2 Å². The molecule has 2 aromatic rings. The minimum absolute atomic E-state index is 0.0645. The highest BCUT2D eigenvalue weighted by Gasteiger charge is 2.25. The number of nitrogens with zero attached hydrogens (tertiary/aromatic N) is 3. The number of carbonyl (C=O) groups excluding carboxylic acids is 1. The van der Waals surface area contributed by atoms with Gasteiger partial charge in [-0.15, -0.1) is 0 Å². The lowest BCUT2D eigenvalue weighted by Gasteiger charge is -2.30. The van der Waals surface area contributed by atoms with Crippen molar-refractivity contribution < 1.29 is 17.9 Å². The first-order valence-corrected chi connectivity index (χ1v) is 11.3. The summed E-state index contributed by atoms with van der Waals surface area (Å²) >= 11 is 0. The summed E-state index contributed by atoms with van der Waals surface area (Å²) < 4.78 is 35.2. The number of nitrogens with one attached hydrogen (secondary N) is 1. The Morgan fingerprint density at radius 1 is 1.31 bits per heavy atom. The van der Waals surface area contributed by atoms with Crippen molar-refractivity contribution in [3.63, 3.8) is 0 Å². The lowest BCUT2D eigenvalue weighted by Crippen LogP contribution is -2.38. The molecule has 1 aliphatic rings. The van der Waals surface area contributed by atoms with Crippen molar-refractivity contribution in [3.05, 3.63) is 42.5 Å². The van der Waals surface area contributed by atoms with Crippen LogP contribution in [0.25, 0.3) is 0 Å². The van der Waals surface area contributed by atoms with E-state index in [9.17, 15) is 13.2 Å². The minimum Gasteiger partial charge on any atom is -0.496 e. The van der Waals surface area contributed by atoms with Crippen LogP contribution in [0.2, 0.25) is 0 Å². The van der Waals surface area contributed by atoms with E-state index >= 15 is 0 Å². The van der Waals surface area contributed by atoms with Crippen molar-refractivity contribution in [2.24, 2.45) is 5.92 Å². The van der Waals surface area contributed by atoms with Crippen molar-refractivity contribution in [1.82, 2.24) is 19.2 Å². The highest BCUT2D eigenvalue weighted by molar-refractivity contribution is 7.89. The van der Waals surface area contributed by atoms with Gasteiger partial charge < -0.3 is 14.2 Å². The molecule has 1 aliphatic heterocycles. The van der Waals surface area contributed by atoms with E-state index in [1.54, 1.807) is 23.5 Å². The zero-order chi connectivity index (χ0) is 20.9. The Kier molecular flexibility index (Phi) is 6.92. The second-order valence-corrected chi connectivity index (χ2v) is 9.16. The Morgan fingerprint density at radius 2 is 2.07 bits per heavy atom. The van der Waals surface area contributed by atoms with Gasteiger partial charge in [0.2, 0.25) is 10.0 Å². The number of amides is 1. The molecule has 8 nitrogen and oxygen atoms in total. The van der Waals surface area contributed by atoms with Crippen LogP contribution in [0.3, 0.4) is 0 Å². The molecule has 0 bridgehead atoms. The largest absolute Gasteiger partial charge is 0.496 e. The number of hydrogen-bond acceptors (Lipinski definition) is 5. The fourth-order valence-electron chi connectivity index (χ4n) is 3.37. The Balaban J connectivity index is 1.70. The molecule has 1 fully saturated rings. The van der Waals surface area contributed by atoms with E-state index in [0.29, 0.717) is 44.3 Å². The molecular formula is C20H28N4O4S. The average molecular weight is 421 g/mol. The molecule has 3 rings (SSSR count). The quantitative estimate of drug-likeness (QED) is 0.661. The Hall–Kier alpha value is -2.39. The van der Waals surface area contributed by atoms with E-state index < -0.39 is 10.0 Å². The van der Waals surface area contributed by atoms with Crippen LogP contribution in [-0.2, 0) is 16.6 Å². The molecule has 0 atom stereocenters. The van der Waals surface area contributed by atoms with E-state index in [2.05, 4.69) is 16.6 Å². The van der Waals surface area contributed by atoms with Crippen molar-refractivity contribution in [2.75, 3.05) is 26.7 Å². The Bertz CT molecular complexity index is 920. The number of methoxy groups -OCH3 is 1. The number of aryl methyl sites for hydroxylation is 1. The summed E-state index contributed by atoms with van der Waals surface area (Å²) in [4.78, 5) is 18.8. The lowest BCUT2D eigenvalue weighted by molar-refractivity contribution is 0.0693. The number of imidazole rings is 1. The molecule has 0 radical (unpaired) electrons. The number of carbonyl (C=O) groups is 1. The molecule has 2 heterocycles. The van der Waals surface area contributed by atoms with Gasteiger partial charge in [-0.3, -0.25) is 4.79 Å². The third kappa shape index (κ3) is 5.36. The first kappa shape index (κ1) is 21.3. The number of piperidine rings is 1. The first-order chi connectivity index (χ1) is 13.9. The number of ether oxygens (including phenoxy) is 1. The topological polar surface area (TPSA) is 93.5 Å². The number of sulfonamides is 1. The fraction of sp³-hybridized carbons (Fsp3) is 0.500. The van der Waals surface area contributed by atoms with Gasteiger partial charge in [0.1, 0.15) is 5.75 Å². The Labute approximate surface area is 171 Å². The predicted octanol–water partition coefficient (Wildman–Crippen LogP) is 2.13. The predicted molar refractivity (Wildman–Crippen MR) is 109 cm³/mol. The van der Waals surface area contributed by atoms with E-state index in [4.69, 9.17) is 4.74 Å². The van der Waals surface area contributed by atoms with Crippen molar-refractivity contribution in [3.8, 4) is 5.75 Å². The van der Waals surface area contributed by atoms with E-state index in [0.717, 1.165) is 12.8 Å². The fourth-order valence-corrected chi connectivity index (χ4v) is 4.47. The molecule has 1 aromatic carbocycles. The summed E-state index contributed by atoms with van der Waals surface area (Å²) in [7, 11) is -2.24. The zero-order valence-electron chi connectivity index (χ0n) is 16.9. The normalized spacial score (nSPS) is 15.4. The third-order valence-corrected chi connectivity index (χ3v) is 6.69. The third-order valence-electron chi connectivity index (χ3n) is 5.23. The van der Waals surface area contributed by atoms with Gasteiger partial charge in [0.25, 0.3) is 5.91 Å². The monoisotopic (exact) mass is 420 g/mol. The molecule has 1 amide bonds. The standard InChI is InChI=1S/C20H28N4O4S/c1-16-6-11-24(12-7-16)20(25)18-14-17(4-5-19(18)28-2)29(26,27)22-8-3-10-23-13-9-21-15-23/h4-5,9,13-16,22H,3,6-8,10-12H2,1-2H3. The number of benzene rings is 1. The van der Waals surface area contributed by atoms with Gasteiger partial charge in [-0.05, 0) is 43.4 Å². The number of likely N-dealkylation sites (tertiary alicyclic amines) is 1. The van der Waals surface area contributed by atoms with Crippen LogP contribution in [0, 0.1) is 5.92 Å². The van der Waals surface area contributed by atoms with E-state index in [1.807, 2.05) is 10.8 Å². The molecule has 0 unspecified atom stereocenters. The molecule has 0 aliphatic carbocycles. The van der Waals surface area contributed by atoms with E-state index in [-0.39, 0.29) is 16.4 Å². The first-order valence-electron chi connectivity index (χ1n) is 9.83. The maximum Gasteiger partial charge on any atom is 0.257 e. The molecule has 0 saturated carbocycles. The second kappa shape index (κ2) is 9.41. The molecule has 1 saturated heterocycles. The summed E-state index contributed by atoms with van der Waals surface area (Å²) in [6.07, 6.45) is 7.73. The maximum atomic E-state index is 13.0. The van der Waals surface area contributed by atoms with Crippen LogP contribution < -0.4 is 9.46 Å². The van der Waals surface area contributed by atoms with Crippen molar-refractivity contribution in [1.29, 1.82) is 0 Å². The molecule has 1 N–H and O–H groups in total. The van der Waals surface area contributed by atoms with Gasteiger partial charge in [0.15, 0.2) is 0 Å². The van der Waals surface area contributed by atoms with Crippen LogP contribution in [0.1, 0.15) is 36.5 Å². The summed E-state index contributed by atoms with van der Waals surface area (Å²) in [5, 5.41) is 0. The summed E-state index contributed by atoms with van der Waals surface area (Å²) in [6, 6.07) is 4.42. The second-order valence-electron chi connectivity index (χ2n) is 7.39. The van der Waals surface area contributed by atoms with Crippen LogP contribution in [0.4, 0.5) is 0 Å². The van der Waals surface area contributed by atoms with Gasteiger partial charge in [-0.2, -0.15) is 0 Å². The van der Waals surface area contributed by atoms with Gasteiger partial charge in [-0.25, -0.2) is 18.1 Å². The smallest absolute Gasteiger partial charge is 0.257 e. The number of aromatic nitrogens is 2. The van der Waals surface area contributed by atoms with Gasteiger partial charge in [0, 0.05) is 38.6 Å². The van der Waals surface area contributed by atoms with Crippen LogP contribution in [-0.4, -0.2) is 55.5 Å². The van der Waals surface area contributed by atoms with Crippen LogP contribution in [0.15, 0.2) is 41.8 Å². The number of rotatable bonds is 8. The lowest BCUT2D eigenvalue weighted by atomic mass is 9.98. The highest BCUT2D eigenvalue weighted by atomic mass is 32.2. The van der Waals surface area contributed by atoms with Gasteiger partial charge >= 0.3 is 0 Å². The molecule has 1 aromatic heterocycles. The van der Waals surface area contributed by atoms with Gasteiger partial charge in [-0.1, -0.05) is 6.92 Å². The van der Waals surface area contributed by atoms with Gasteiger partial charge in [0.05, 0.1) is 23.9 Å². The summed E-state index contributed by atoms with van der Waals surface area (Å²) in [6.45, 7) is 4.48. The molecule has 158 valence electrons. The SMILES string of the molecule is COc1ccc(S(=O)(=O)NCCCn2ccnc2)cc1C(=O)N1CCC(C)CC1. The summed E-state index contributed by atoms with van der Waals surface area (Å²) in [5.41, 5.74) is 0.281. The minimum atomic E-state index is -3.72. The van der Waals surface area contributed by atoms with Crippen molar-refractivity contribution in [2.45, 2.75) is 37.6 Å². The zero-order valence-corrected chi connectivity index (χ0v) is 17.7. The molecule has 0 spiro atoms. The maximum absolute atomic E-state index is 13.0. The van der Waals surface area contributed by atoms with Crippen LogP contribution >= 0.6 is 0 Å². The van der Waals surface area contributed by atoms with Crippen LogP contribution in [0.5, 0.6) is 5.75 Å². The average Bonchev–Trinajstić information content (AvgIpc) is 3.24. The van der Waals surface area contributed by atoms with Crippen molar-refractivity contribution >= 4 is 15.9 Å². The Morgan fingerprint density at radius 3 is 2.72 bits per heavy atom. The highest BCUT2D eigenvalue weighted by Crippen LogP contribution is 2.26. The molecule has 9 heteroatoms. The summed E-state index contributed by atoms with van der Waals surface area (Å²) in [5.74, 6) is 0.790.